The van der Waals surface area contributed by atoms with Crippen molar-refractivity contribution < 1.29 is 19.4 Å². The molecule has 0 unspecified atom stereocenters. The highest BCUT2D eigenvalue weighted by molar-refractivity contribution is 5.81. The third-order valence-electron chi connectivity index (χ3n) is 3.75. The summed E-state index contributed by atoms with van der Waals surface area (Å²) in [5, 5.41) is 11.8. The molecule has 1 fully saturated rings. The molecule has 0 saturated heterocycles. The topological polar surface area (TPSA) is 75.6 Å². The molecule has 20 heavy (non-hydrogen) atoms. The number of hydrogen-bond donors (Lipinski definition) is 2. The maximum Gasteiger partial charge on any atom is 0.305 e. The quantitative estimate of drug-likeness (QED) is 0.830. The lowest BCUT2D eigenvalue weighted by molar-refractivity contribution is -0.140. The summed E-state index contributed by atoms with van der Waals surface area (Å²) in [5.74, 6) is -0.360. The van der Waals surface area contributed by atoms with Gasteiger partial charge in [0.05, 0.1) is 25.5 Å². The molecule has 108 valence electrons. The Morgan fingerprint density at radius 2 is 2.05 bits per heavy atom. The van der Waals surface area contributed by atoms with Crippen molar-refractivity contribution in [2.45, 2.75) is 37.6 Å². The average Bonchev–Trinajstić information content (AvgIpc) is 2.36. The molecular weight excluding hydrogens is 258 g/mol. The highest BCUT2D eigenvalue weighted by Gasteiger charge is 2.40. The van der Waals surface area contributed by atoms with Gasteiger partial charge in [0.1, 0.15) is 5.75 Å². The van der Waals surface area contributed by atoms with E-state index in [0.717, 1.165) is 24.8 Å². The molecule has 0 bridgehead atoms. The maximum absolute atomic E-state index is 12.1. The minimum atomic E-state index is -0.873. The predicted octanol–water partition coefficient (Wildman–Crippen LogP) is 1.75. The third kappa shape index (κ3) is 3.29. The molecule has 0 heterocycles. The Balaban J connectivity index is 2.00. The predicted molar refractivity (Wildman–Crippen MR) is 73.7 cm³/mol. The first-order chi connectivity index (χ1) is 9.54. The molecule has 0 atom stereocenters. The minimum absolute atomic E-state index is 0.00926. The number of ether oxygens (including phenoxy) is 1. The molecule has 1 aromatic carbocycles. The zero-order chi connectivity index (χ0) is 14.6. The summed E-state index contributed by atoms with van der Waals surface area (Å²) in [6.07, 6.45) is 2.62. The molecule has 2 N–H and O–H groups in total. The van der Waals surface area contributed by atoms with Crippen LogP contribution >= 0.6 is 0 Å². The zero-order valence-electron chi connectivity index (χ0n) is 11.5. The number of carboxylic acids is 1. The number of benzene rings is 1. The Morgan fingerprint density at radius 1 is 1.35 bits per heavy atom. The first kappa shape index (κ1) is 14.4. The molecule has 1 aromatic rings. The summed E-state index contributed by atoms with van der Waals surface area (Å²) in [7, 11) is 1.56. The van der Waals surface area contributed by atoms with Crippen molar-refractivity contribution in [3.63, 3.8) is 0 Å². The fourth-order valence-electron chi connectivity index (χ4n) is 2.60. The molecule has 1 aliphatic rings. The van der Waals surface area contributed by atoms with E-state index in [9.17, 15) is 9.59 Å². The van der Waals surface area contributed by atoms with Gasteiger partial charge in [-0.2, -0.15) is 0 Å². The number of aliphatic carboxylic acids is 1. The summed E-state index contributed by atoms with van der Waals surface area (Å²) in [6, 6.07) is 7.33. The van der Waals surface area contributed by atoms with Crippen molar-refractivity contribution in [3.05, 3.63) is 29.8 Å². The van der Waals surface area contributed by atoms with Gasteiger partial charge in [0.15, 0.2) is 0 Å². The average molecular weight is 277 g/mol. The Hall–Kier alpha value is -2.04. The van der Waals surface area contributed by atoms with Crippen LogP contribution in [0.4, 0.5) is 0 Å². The van der Waals surface area contributed by atoms with Gasteiger partial charge in [-0.1, -0.05) is 18.2 Å². The second kappa shape index (κ2) is 5.94. The smallest absolute Gasteiger partial charge is 0.305 e. The number of amides is 1. The molecular formula is C15H19NO4. The lowest BCUT2D eigenvalue weighted by atomic mass is 9.74. The van der Waals surface area contributed by atoms with Crippen LogP contribution in [0, 0.1) is 0 Å². The Morgan fingerprint density at radius 3 is 2.60 bits per heavy atom. The number of nitrogens with one attached hydrogen (secondary N) is 1. The minimum Gasteiger partial charge on any atom is -0.496 e. The summed E-state index contributed by atoms with van der Waals surface area (Å²) in [6.45, 7) is 0. The van der Waals surface area contributed by atoms with Crippen LogP contribution in [-0.4, -0.2) is 29.6 Å². The fourth-order valence-corrected chi connectivity index (χ4v) is 2.60. The summed E-state index contributed by atoms with van der Waals surface area (Å²) in [5.41, 5.74) is 0.252. The number of methoxy groups -OCH3 is 1. The van der Waals surface area contributed by atoms with Crippen LogP contribution < -0.4 is 10.1 Å². The third-order valence-corrected chi connectivity index (χ3v) is 3.75. The number of carbonyl (C=O) groups excluding carboxylic acids is 1. The SMILES string of the molecule is COc1ccccc1CC(=O)NC1(CC(=O)O)CCC1. The molecule has 2 rings (SSSR count). The van der Waals surface area contributed by atoms with E-state index in [0.29, 0.717) is 5.75 Å². The standard InChI is InChI=1S/C15H19NO4/c1-20-12-6-3-2-5-11(12)9-13(17)16-15(7-4-8-15)10-14(18)19/h2-3,5-6H,4,7-10H2,1H3,(H,16,17)(H,18,19). The molecule has 0 aliphatic heterocycles. The van der Waals surface area contributed by atoms with Gasteiger partial charge in [0.25, 0.3) is 0 Å². The zero-order valence-corrected chi connectivity index (χ0v) is 11.5. The Kier molecular flexibility index (Phi) is 4.27. The fraction of sp³-hybridized carbons (Fsp3) is 0.467. The Bertz CT molecular complexity index is 508. The van der Waals surface area contributed by atoms with Crippen LogP contribution in [0.1, 0.15) is 31.2 Å². The van der Waals surface area contributed by atoms with Gasteiger partial charge >= 0.3 is 5.97 Å². The van der Waals surface area contributed by atoms with Crippen molar-refractivity contribution in [1.82, 2.24) is 5.32 Å². The largest absolute Gasteiger partial charge is 0.496 e. The van der Waals surface area contributed by atoms with Crippen LogP contribution in [0.5, 0.6) is 5.75 Å². The van der Waals surface area contributed by atoms with E-state index in [1.165, 1.54) is 0 Å². The van der Waals surface area contributed by atoms with Gasteiger partial charge in [-0.15, -0.1) is 0 Å². The van der Waals surface area contributed by atoms with Crippen molar-refractivity contribution in [3.8, 4) is 5.75 Å². The molecule has 0 spiro atoms. The molecule has 5 nitrogen and oxygen atoms in total. The second-order valence-electron chi connectivity index (χ2n) is 5.24. The monoisotopic (exact) mass is 277 g/mol. The van der Waals surface area contributed by atoms with E-state index in [1.807, 2.05) is 18.2 Å². The van der Waals surface area contributed by atoms with Gasteiger partial charge in [0, 0.05) is 5.56 Å². The molecule has 1 amide bonds. The van der Waals surface area contributed by atoms with Gasteiger partial charge in [-0.05, 0) is 25.3 Å². The summed E-state index contributed by atoms with van der Waals surface area (Å²) >= 11 is 0. The summed E-state index contributed by atoms with van der Waals surface area (Å²) < 4.78 is 5.21. The van der Waals surface area contributed by atoms with Crippen molar-refractivity contribution >= 4 is 11.9 Å². The molecule has 0 radical (unpaired) electrons. The van der Waals surface area contributed by atoms with Crippen molar-refractivity contribution in [1.29, 1.82) is 0 Å². The first-order valence-electron chi connectivity index (χ1n) is 6.69. The van der Waals surface area contributed by atoms with Crippen LogP contribution in [0.25, 0.3) is 0 Å². The van der Waals surface area contributed by atoms with Gasteiger partial charge in [0.2, 0.25) is 5.91 Å². The summed E-state index contributed by atoms with van der Waals surface area (Å²) in [4.78, 5) is 23.0. The number of para-hydroxylation sites is 1. The highest BCUT2D eigenvalue weighted by Crippen LogP contribution is 2.35. The number of carbonyl (C=O) groups is 2. The van der Waals surface area contributed by atoms with Crippen LogP contribution in [0.15, 0.2) is 24.3 Å². The highest BCUT2D eigenvalue weighted by atomic mass is 16.5. The van der Waals surface area contributed by atoms with E-state index in [-0.39, 0.29) is 18.7 Å². The normalized spacial score (nSPS) is 16.1. The van der Waals surface area contributed by atoms with Gasteiger partial charge in [-0.3, -0.25) is 9.59 Å². The molecule has 1 aliphatic carbocycles. The lowest BCUT2D eigenvalue weighted by Crippen LogP contribution is -2.55. The Labute approximate surface area is 117 Å². The van der Waals surface area contributed by atoms with Crippen molar-refractivity contribution in [2.75, 3.05) is 7.11 Å². The van der Waals surface area contributed by atoms with Crippen LogP contribution in [0.2, 0.25) is 0 Å². The second-order valence-corrected chi connectivity index (χ2v) is 5.24. The van der Waals surface area contributed by atoms with Crippen LogP contribution in [0.3, 0.4) is 0 Å². The van der Waals surface area contributed by atoms with Crippen LogP contribution in [-0.2, 0) is 16.0 Å². The van der Waals surface area contributed by atoms with Gasteiger partial charge < -0.3 is 15.2 Å². The molecule has 1 saturated carbocycles. The van der Waals surface area contributed by atoms with E-state index in [2.05, 4.69) is 5.32 Å². The maximum atomic E-state index is 12.1. The van der Waals surface area contributed by atoms with E-state index in [4.69, 9.17) is 9.84 Å². The molecule has 0 aromatic heterocycles. The van der Waals surface area contributed by atoms with E-state index in [1.54, 1.807) is 13.2 Å². The van der Waals surface area contributed by atoms with E-state index < -0.39 is 11.5 Å². The first-order valence-corrected chi connectivity index (χ1v) is 6.69. The lowest BCUT2D eigenvalue weighted by Gasteiger charge is -2.41. The number of hydrogen-bond acceptors (Lipinski definition) is 3. The molecule has 5 heteroatoms. The van der Waals surface area contributed by atoms with Crippen molar-refractivity contribution in [2.24, 2.45) is 0 Å². The van der Waals surface area contributed by atoms with E-state index >= 15 is 0 Å². The van der Waals surface area contributed by atoms with Gasteiger partial charge in [-0.25, -0.2) is 0 Å². The number of carboxylic acid groups (broad SMARTS) is 1. The number of rotatable bonds is 6.